The first-order chi connectivity index (χ1) is 19.9. The van der Waals surface area contributed by atoms with Gasteiger partial charge in [-0.1, -0.05) is 36.4 Å². The van der Waals surface area contributed by atoms with E-state index in [0.29, 0.717) is 48.6 Å². The number of piperidine rings is 1. The van der Waals surface area contributed by atoms with Crippen LogP contribution in [0.15, 0.2) is 71.7 Å². The van der Waals surface area contributed by atoms with E-state index >= 15 is 0 Å². The zero-order valence-electron chi connectivity index (χ0n) is 22.9. The zero-order valence-corrected chi connectivity index (χ0v) is 22.9. The zero-order chi connectivity index (χ0) is 28.5. The number of carbonyl (C=O) groups excluding carboxylic acids is 3. The molecule has 6 rings (SSSR count). The first kappa shape index (κ1) is 26.9. The summed E-state index contributed by atoms with van der Waals surface area (Å²) >= 11 is 0. The van der Waals surface area contributed by atoms with Crippen LogP contribution in [0.3, 0.4) is 0 Å². The molecule has 0 bridgehead atoms. The Hall–Kier alpha value is -4.34. The molecule has 3 aromatic rings. The van der Waals surface area contributed by atoms with Crippen LogP contribution in [0, 0.1) is 0 Å². The molecule has 2 N–H and O–H groups in total. The number of methoxy groups -OCH3 is 1. The third-order valence-electron chi connectivity index (χ3n) is 8.07. The minimum Gasteiger partial charge on any atom is -0.465 e. The smallest absolute Gasteiger partial charge is 0.337 e. The third-order valence-corrected chi connectivity index (χ3v) is 8.07. The van der Waals surface area contributed by atoms with Crippen molar-refractivity contribution in [3.8, 4) is 0 Å². The van der Waals surface area contributed by atoms with E-state index in [-0.39, 0.29) is 17.9 Å². The van der Waals surface area contributed by atoms with Crippen molar-refractivity contribution >= 4 is 40.6 Å². The number of likely N-dealkylation sites (tertiary alicyclic amines) is 1. The summed E-state index contributed by atoms with van der Waals surface area (Å²) in [4.78, 5) is 47.4. The summed E-state index contributed by atoms with van der Waals surface area (Å²) in [5, 5.41) is 12.7. The highest BCUT2D eigenvalue weighted by Gasteiger charge is 2.36. The van der Waals surface area contributed by atoms with Crippen LogP contribution in [0.25, 0.3) is 0 Å². The van der Waals surface area contributed by atoms with Gasteiger partial charge in [0.1, 0.15) is 5.92 Å². The summed E-state index contributed by atoms with van der Waals surface area (Å²) in [5.74, 6) is -1.28. The summed E-state index contributed by atoms with van der Waals surface area (Å²) in [6, 6.07) is 20.5. The normalized spacial score (nSPS) is 19.1. The molecule has 1 unspecified atom stereocenters. The van der Waals surface area contributed by atoms with E-state index in [1.54, 1.807) is 18.2 Å². The van der Waals surface area contributed by atoms with Gasteiger partial charge in [-0.15, -0.1) is 0 Å². The van der Waals surface area contributed by atoms with Crippen LogP contribution in [0.1, 0.15) is 45.8 Å². The van der Waals surface area contributed by atoms with Crippen LogP contribution >= 0.6 is 0 Å². The molecule has 2 amide bonds. The Bertz CT molecular complexity index is 1530. The molecule has 3 heterocycles. The Morgan fingerprint density at radius 1 is 1.00 bits per heavy atom. The fourth-order valence-electron chi connectivity index (χ4n) is 5.89. The molecule has 1 fully saturated rings. The number of nitrogens with zero attached hydrogens (tertiary/aromatic N) is 3. The average Bonchev–Trinajstić information content (AvgIpc) is 3.56. The molecular weight excluding hydrogens is 520 g/mol. The maximum absolute atomic E-state index is 13.3. The Balaban J connectivity index is 1.30. The van der Waals surface area contributed by atoms with Crippen molar-refractivity contribution in [3.63, 3.8) is 0 Å². The van der Waals surface area contributed by atoms with E-state index in [0.717, 1.165) is 41.9 Å². The lowest BCUT2D eigenvalue weighted by Crippen LogP contribution is -2.43. The molecule has 0 saturated carbocycles. The molecule has 0 radical (unpaired) electrons. The van der Waals surface area contributed by atoms with Gasteiger partial charge in [-0.2, -0.15) is 0 Å². The van der Waals surface area contributed by atoms with Crippen molar-refractivity contribution in [2.45, 2.75) is 31.3 Å². The highest BCUT2D eigenvalue weighted by atomic mass is 16.5. The van der Waals surface area contributed by atoms with Gasteiger partial charge in [0.05, 0.1) is 36.7 Å². The van der Waals surface area contributed by atoms with Crippen molar-refractivity contribution in [2.75, 3.05) is 43.5 Å². The van der Waals surface area contributed by atoms with Crippen LogP contribution in [0.5, 0.6) is 0 Å². The van der Waals surface area contributed by atoms with Gasteiger partial charge in [0, 0.05) is 31.0 Å². The molecular formula is C32H32N4O5. The Kier molecular flexibility index (Phi) is 7.38. The molecule has 3 aliphatic heterocycles. The average molecular weight is 553 g/mol. The quantitative estimate of drug-likeness (QED) is 0.357. The van der Waals surface area contributed by atoms with E-state index in [2.05, 4.69) is 10.2 Å². The minimum absolute atomic E-state index is 0.0620. The highest BCUT2D eigenvalue weighted by molar-refractivity contribution is 6.24. The van der Waals surface area contributed by atoms with Gasteiger partial charge in [-0.05, 0) is 66.3 Å². The summed E-state index contributed by atoms with van der Waals surface area (Å²) in [6.07, 6.45) is 1.86. The molecule has 0 aromatic heterocycles. The number of nitrogens with one attached hydrogen (secondary N) is 1. The maximum Gasteiger partial charge on any atom is 0.337 e. The number of ether oxygens (including phenoxy) is 1. The van der Waals surface area contributed by atoms with Crippen LogP contribution < -0.4 is 10.2 Å². The number of carbonyl (C=O) groups is 3. The molecule has 0 spiro atoms. The van der Waals surface area contributed by atoms with Gasteiger partial charge < -0.3 is 20.1 Å². The van der Waals surface area contributed by atoms with Gasteiger partial charge in [0.15, 0.2) is 0 Å². The van der Waals surface area contributed by atoms with E-state index in [9.17, 15) is 19.5 Å². The molecule has 1 atom stereocenters. The monoisotopic (exact) mass is 552 g/mol. The molecule has 9 heteroatoms. The van der Waals surface area contributed by atoms with Crippen LogP contribution in [-0.4, -0.2) is 72.9 Å². The van der Waals surface area contributed by atoms with E-state index in [1.807, 2.05) is 53.4 Å². The number of esters is 1. The molecule has 1 saturated heterocycles. The molecule has 41 heavy (non-hydrogen) atoms. The Morgan fingerprint density at radius 2 is 1.78 bits per heavy atom. The number of hydrogen-bond acceptors (Lipinski definition) is 7. The fraction of sp³-hybridized carbons (Fsp3) is 0.312. The SMILES string of the molecule is COC(=O)c1ccc2c(c1)NC(=O)C2C(=Nc1ccc2c(c1)CCN2C(=O)CN1CCC(O)CC1)c1ccccc1. The molecule has 9 nitrogen and oxygen atoms in total. The Labute approximate surface area is 238 Å². The summed E-state index contributed by atoms with van der Waals surface area (Å²) in [5.41, 5.74) is 5.74. The second kappa shape index (κ2) is 11.3. The van der Waals surface area contributed by atoms with Gasteiger partial charge in [-0.25, -0.2) is 4.79 Å². The second-order valence-corrected chi connectivity index (χ2v) is 10.7. The van der Waals surface area contributed by atoms with Crippen molar-refractivity contribution in [3.05, 3.63) is 89.0 Å². The minimum atomic E-state index is -0.659. The predicted octanol–water partition coefficient (Wildman–Crippen LogP) is 3.68. The lowest BCUT2D eigenvalue weighted by Gasteiger charge is -2.30. The molecule has 0 aliphatic carbocycles. The fourth-order valence-corrected chi connectivity index (χ4v) is 5.89. The molecule has 3 aromatic carbocycles. The maximum atomic E-state index is 13.3. The highest BCUT2D eigenvalue weighted by Crippen LogP contribution is 2.38. The molecule has 3 aliphatic rings. The summed E-state index contributed by atoms with van der Waals surface area (Å²) in [6.45, 7) is 2.42. The first-order valence-electron chi connectivity index (χ1n) is 13.9. The van der Waals surface area contributed by atoms with Crippen molar-refractivity contribution < 1.29 is 24.2 Å². The Morgan fingerprint density at radius 3 is 2.54 bits per heavy atom. The van der Waals surface area contributed by atoms with Crippen LogP contribution in [-0.2, 0) is 20.7 Å². The summed E-state index contributed by atoms with van der Waals surface area (Å²) < 4.78 is 4.83. The van der Waals surface area contributed by atoms with Gasteiger partial charge in [-0.3, -0.25) is 19.5 Å². The second-order valence-electron chi connectivity index (χ2n) is 10.7. The number of benzene rings is 3. The van der Waals surface area contributed by atoms with E-state index in [1.165, 1.54) is 7.11 Å². The lowest BCUT2D eigenvalue weighted by molar-refractivity contribution is -0.120. The topological polar surface area (TPSA) is 112 Å². The summed E-state index contributed by atoms with van der Waals surface area (Å²) in [7, 11) is 1.32. The van der Waals surface area contributed by atoms with Gasteiger partial charge >= 0.3 is 5.97 Å². The van der Waals surface area contributed by atoms with Gasteiger partial charge in [0.25, 0.3) is 0 Å². The lowest BCUT2D eigenvalue weighted by atomic mass is 9.90. The van der Waals surface area contributed by atoms with E-state index < -0.39 is 11.9 Å². The number of aliphatic hydroxyl groups is 1. The van der Waals surface area contributed by atoms with Crippen LogP contribution in [0.2, 0.25) is 0 Å². The number of fused-ring (bicyclic) bond motifs is 2. The first-order valence-corrected chi connectivity index (χ1v) is 13.9. The number of rotatable bonds is 6. The van der Waals surface area contributed by atoms with Crippen molar-refractivity contribution in [1.29, 1.82) is 0 Å². The van der Waals surface area contributed by atoms with Crippen LogP contribution in [0.4, 0.5) is 17.1 Å². The van der Waals surface area contributed by atoms with Crippen molar-refractivity contribution in [2.24, 2.45) is 4.99 Å². The number of aliphatic hydroxyl groups excluding tert-OH is 1. The van der Waals surface area contributed by atoms with Gasteiger partial charge in [0.2, 0.25) is 11.8 Å². The third kappa shape index (κ3) is 5.38. The predicted molar refractivity (Wildman–Crippen MR) is 156 cm³/mol. The standard InChI is InChI=1S/C32H32N4O5/c1-41-32(40)22-7-9-25-26(18-22)34-31(39)29(25)30(20-5-3-2-4-6-20)33-23-8-10-27-21(17-23)11-16-36(27)28(38)19-35-14-12-24(37)13-15-35/h2-10,17-18,24,29,37H,11-16,19H2,1H3,(H,34,39). The molecule has 210 valence electrons. The number of anilines is 2. The number of amides is 2. The van der Waals surface area contributed by atoms with E-state index in [4.69, 9.17) is 9.73 Å². The largest absolute Gasteiger partial charge is 0.465 e. The van der Waals surface area contributed by atoms with Crippen molar-refractivity contribution in [1.82, 2.24) is 4.90 Å². The number of aliphatic imine (C=N–C) groups is 1. The number of hydrogen-bond donors (Lipinski definition) is 2.